The Bertz CT molecular complexity index is 924. The SMILES string of the molecule is CCOc1ccccc1N1CCN([C@H]2CC(=O)N(c3ccccc3OC)C2=O)CC1. The van der Waals surface area contributed by atoms with E-state index in [2.05, 4.69) is 15.9 Å². The Kier molecular flexibility index (Phi) is 5.90. The van der Waals surface area contributed by atoms with Crippen LogP contribution in [0.5, 0.6) is 11.5 Å². The molecule has 1 atom stereocenters. The van der Waals surface area contributed by atoms with Gasteiger partial charge in [0.05, 0.1) is 37.6 Å². The zero-order chi connectivity index (χ0) is 21.1. The Morgan fingerprint density at radius 1 is 0.900 bits per heavy atom. The van der Waals surface area contributed by atoms with E-state index in [4.69, 9.17) is 9.47 Å². The molecular formula is C23H27N3O4. The number of carbonyl (C=O) groups is 2. The standard InChI is InChI=1S/C23H27N3O4/c1-3-30-21-11-7-4-8-17(21)24-12-14-25(15-13-24)19-16-22(27)26(23(19)28)18-9-5-6-10-20(18)29-2/h4-11,19H,3,12-16H2,1-2H3/t19-/m0/s1. The van der Waals surface area contributed by atoms with Gasteiger partial charge in [-0.05, 0) is 31.2 Å². The van der Waals surface area contributed by atoms with Crippen molar-refractivity contribution in [3.05, 3.63) is 48.5 Å². The zero-order valence-corrected chi connectivity index (χ0v) is 17.4. The number of amides is 2. The van der Waals surface area contributed by atoms with E-state index < -0.39 is 6.04 Å². The Balaban J connectivity index is 1.46. The number of para-hydroxylation sites is 4. The Morgan fingerprint density at radius 2 is 1.53 bits per heavy atom. The van der Waals surface area contributed by atoms with Crippen molar-refractivity contribution >= 4 is 23.2 Å². The zero-order valence-electron chi connectivity index (χ0n) is 17.4. The summed E-state index contributed by atoms with van der Waals surface area (Å²) in [6.07, 6.45) is 0.201. The fourth-order valence-corrected chi connectivity index (χ4v) is 4.24. The number of methoxy groups -OCH3 is 1. The molecule has 2 saturated heterocycles. The van der Waals surface area contributed by atoms with E-state index in [0.29, 0.717) is 31.1 Å². The first-order valence-corrected chi connectivity index (χ1v) is 10.3. The van der Waals surface area contributed by atoms with Crippen LogP contribution in [-0.2, 0) is 9.59 Å². The summed E-state index contributed by atoms with van der Waals surface area (Å²) < 4.78 is 11.1. The van der Waals surface area contributed by atoms with Crippen LogP contribution >= 0.6 is 0 Å². The predicted molar refractivity (Wildman–Crippen MR) is 115 cm³/mol. The number of imide groups is 1. The first-order chi connectivity index (χ1) is 14.6. The largest absolute Gasteiger partial charge is 0.495 e. The van der Waals surface area contributed by atoms with Crippen molar-refractivity contribution in [1.82, 2.24) is 4.90 Å². The third-order valence-corrected chi connectivity index (χ3v) is 5.71. The molecule has 7 nitrogen and oxygen atoms in total. The van der Waals surface area contributed by atoms with Gasteiger partial charge in [0.2, 0.25) is 5.91 Å². The molecular weight excluding hydrogens is 382 g/mol. The summed E-state index contributed by atoms with van der Waals surface area (Å²) in [5.74, 6) is 1.05. The van der Waals surface area contributed by atoms with E-state index in [1.165, 1.54) is 4.90 Å². The maximum atomic E-state index is 13.1. The first kappa shape index (κ1) is 20.2. The quantitative estimate of drug-likeness (QED) is 0.684. The summed E-state index contributed by atoms with van der Waals surface area (Å²) in [4.78, 5) is 31.5. The van der Waals surface area contributed by atoms with Gasteiger partial charge < -0.3 is 14.4 Å². The predicted octanol–water partition coefficient (Wildman–Crippen LogP) is 2.55. The summed E-state index contributed by atoms with van der Waals surface area (Å²) in [5.41, 5.74) is 1.59. The van der Waals surface area contributed by atoms with Gasteiger partial charge >= 0.3 is 0 Å². The summed E-state index contributed by atoms with van der Waals surface area (Å²) in [5, 5.41) is 0. The van der Waals surface area contributed by atoms with Crippen LogP contribution in [0.3, 0.4) is 0 Å². The second kappa shape index (κ2) is 8.75. The van der Waals surface area contributed by atoms with E-state index in [-0.39, 0.29) is 18.2 Å². The maximum absolute atomic E-state index is 13.1. The number of nitrogens with zero attached hydrogens (tertiary/aromatic N) is 3. The molecule has 2 aromatic rings. The molecule has 0 aromatic heterocycles. The van der Waals surface area contributed by atoms with Gasteiger partial charge in [0.15, 0.2) is 0 Å². The van der Waals surface area contributed by atoms with Gasteiger partial charge in [0, 0.05) is 26.2 Å². The molecule has 7 heteroatoms. The molecule has 2 aromatic carbocycles. The van der Waals surface area contributed by atoms with Gasteiger partial charge in [-0.15, -0.1) is 0 Å². The summed E-state index contributed by atoms with van der Waals surface area (Å²) in [6, 6.07) is 14.7. The van der Waals surface area contributed by atoms with Crippen LogP contribution in [0.25, 0.3) is 0 Å². The number of benzene rings is 2. The van der Waals surface area contributed by atoms with Crippen molar-refractivity contribution in [3.63, 3.8) is 0 Å². The van der Waals surface area contributed by atoms with Crippen molar-refractivity contribution in [3.8, 4) is 11.5 Å². The molecule has 2 aliphatic heterocycles. The number of carbonyl (C=O) groups excluding carboxylic acids is 2. The average Bonchev–Trinajstić information content (AvgIpc) is 3.08. The lowest BCUT2D eigenvalue weighted by molar-refractivity contribution is -0.123. The molecule has 2 fully saturated rings. The topological polar surface area (TPSA) is 62.3 Å². The minimum absolute atomic E-state index is 0.173. The molecule has 30 heavy (non-hydrogen) atoms. The fourth-order valence-electron chi connectivity index (χ4n) is 4.24. The van der Waals surface area contributed by atoms with E-state index in [9.17, 15) is 9.59 Å². The minimum Gasteiger partial charge on any atom is -0.495 e. The van der Waals surface area contributed by atoms with Crippen molar-refractivity contribution in [2.45, 2.75) is 19.4 Å². The van der Waals surface area contributed by atoms with Gasteiger partial charge in [0.25, 0.3) is 5.91 Å². The highest BCUT2D eigenvalue weighted by Gasteiger charge is 2.44. The highest BCUT2D eigenvalue weighted by atomic mass is 16.5. The molecule has 4 rings (SSSR count). The van der Waals surface area contributed by atoms with Crippen LogP contribution in [0, 0.1) is 0 Å². The van der Waals surface area contributed by atoms with Crippen molar-refractivity contribution in [2.24, 2.45) is 0 Å². The monoisotopic (exact) mass is 409 g/mol. The fraction of sp³-hybridized carbons (Fsp3) is 0.391. The number of hydrogen-bond acceptors (Lipinski definition) is 6. The second-order valence-corrected chi connectivity index (χ2v) is 7.38. The third-order valence-electron chi connectivity index (χ3n) is 5.71. The lowest BCUT2D eigenvalue weighted by atomic mass is 10.1. The third kappa shape index (κ3) is 3.73. The highest BCUT2D eigenvalue weighted by molar-refractivity contribution is 6.23. The minimum atomic E-state index is -0.424. The molecule has 2 heterocycles. The molecule has 0 saturated carbocycles. The summed E-state index contributed by atoms with van der Waals surface area (Å²) in [7, 11) is 1.54. The Labute approximate surface area is 176 Å². The number of hydrogen-bond donors (Lipinski definition) is 0. The average molecular weight is 409 g/mol. The van der Waals surface area contributed by atoms with Crippen LogP contribution in [0.1, 0.15) is 13.3 Å². The molecule has 0 radical (unpaired) electrons. The lowest BCUT2D eigenvalue weighted by Crippen LogP contribution is -2.52. The van der Waals surface area contributed by atoms with E-state index in [1.807, 2.05) is 31.2 Å². The molecule has 0 unspecified atom stereocenters. The smallest absolute Gasteiger partial charge is 0.251 e. The van der Waals surface area contributed by atoms with Gasteiger partial charge in [-0.25, -0.2) is 4.90 Å². The molecule has 0 aliphatic carbocycles. The van der Waals surface area contributed by atoms with Crippen LogP contribution in [0.15, 0.2) is 48.5 Å². The van der Waals surface area contributed by atoms with Gasteiger partial charge in [0.1, 0.15) is 11.5 Å². The van der Waals surface area contributed by atoms with Gasteiger partial charge in [-0.1, -0.05) is 24.3 Å². The molecule has 2 amide bonds. The maximum Gasteiger partial charge on any atom is 0.251 e. The number of anilines is 2. The summed E-state index contributed by atoms with van der Waals surface area (Å²) in [6.45, 7) is 5.57. The Morgan fingerprint density at radius 3 is 2.20 bits per heavy atom. The van der Waals surface area contributed by atoms with Gasteiger partial charge in [-0.2, -0.15) is 0 Å². The van der Waals surface area contributed by atoms with E-state index in [0.717, 1.165) is 24.5 Å². The molecule has 2 aliphatic rings. The molecule has 0 bridgehead atoms. The van der Waals surface area contributed by atoms with E-state index >= 15 is 0 Å². The number of rotatable bonds is 6. The number of piperazine rings is 1. The highest BCUT2D eigenvalue weighted by Crippen LogP contribution is 2.34. The Hall–Kier alpha value is -3.06. The van der Waals surface area contributed by atoms with Crippen LogP contribution < -0.4 is 19.3 Å². The van der Waals surface area contributed by atoms with Gasteiger partial charge in [-0.3, -0.25) is 14.5 Å². The molecule has 0 spiro atoms. The molecule has 0 N–H and O–H groups in total. The second-order valence-electron chi connectivity index (χ2n) is 7.38. The first-order valence-electron chi connectivity index (χ1n) is 10.3. The van der Waals surface area contributed by atoms with Crippen LogP contribution in [0.4, 0.5) is 11.4 Å². The number of ether oxygens (including phenoxy) is 2. The van der Waals surface area contributed by atoms with E-state index in [1.54, 1.807) is 25.3 Å². The van der Waals surface area contributed by atoms with Crippen molar-refractivity contribution < 1.29 is 19.1 Å². The van der Waals surface area contributed by atoms with Crippen LogP contribution in [-0.4, -0.2) is 62.7 Å². The lowest BCUT2D eigenvalue weighted by Gasteiger charge is -2.38. The summed E-state index contributed by atoms with van der Waals surface area (Å²) >= 11 is 0. The van der Waals surface area contributed by atoms with Crippen LogP contribution in [0.2, 0.25) is 0 Å². The van der Waals surface area contributed by atoms with Crippen molar-refractivity contribution in [2.75, 3.05) is 49.7 Å². The van der Waals surface area contributed by atoms with Crippen molar-refractivity contribution in [1.29, 1.82) is 0 Å². The molecule has 158 valence electrons. The normalized spacial score (nSPS) is 20.0.